The molecule has 0 spiro atoms. The molecule has 0 saturated heterocycles. The highest BCUT2D eigenvalue weighted by Crippen LogP contribution is 2.70. The van der Waals surface area contributed by atoms with Crippen molar-refractivity contribution in [2.75, 3.05) is 0 Å². The van der Waals surface area contributed by atoms with Crippen molar-refractivity contribution in [2.45, 2.75) is 98.7 Å². The monoisotopic (exact) mass is 624 g/mol. The van der Waals surface area contributed by atoms with E-state index >= 15 is 0 Å². The predicted molar refractivity (Wildman–Crippen MR) is 161 cm³/mol. The molecule has 8 atom stereocenters. The largest absolute Gasteiger partial charge is 0.507 e. The number of aromatic hydroxyl groups is 1. The van der Waals surface area contributed by atoms with Crippen LogP contribution in [0.4, 0.5) is 0 Å². The molecule has 2 N–H and O–H groups in total. The number of hydrogen-bond acceptors (Lipinski definition) is 10. The summed E-state index contributed by atoms with van der Waals surface area (Å²) in [6.07, 6.45) is -0.868. The van der Waals surface area contributed by atoms with E-state index in [2.05, 4.69) is 0 Å². The van der Waals surface area contributed by atoms with Gasteiger partial charge in [0.15, 0.2) is 28.7 Å². The van der Waals surface area contributed by atoms with Crippen molar-refractivity contribution < 1.29 is 48.5 Å². The van der Waals surface area contributed by atoms with Crippen LogP contribution < -0.4 is 0 Å². The Hall–Kier alpha value is -3.53. The zero-order valence-electron chi connectivity index (χ0n) is 27.5. The number of ether oxygens (including phenoxy) is 1. The molecule has 10 nitrogen and oxygen atoms in total. The number of carbonyl (C=O) groups excluding carboxylic acids is 7. The fraction of sp³-hybridized carbons (Fsp3) is 0.629. The van der Waals surface area contributed by atoms with Gasteiger partial charge >= 0.3 is 5.97 Å². The third kappa shape index (κ3) is 4.82. The van der Waals surface area contributed by atoms with Crippen LogP contribution in [-0.4, -0.2) is 62.1 Å². The summed E-state index contributed by atoms with van der Waals surface area (Å²) in [5, 5.41) is 23.3. The van der Waals surface area contributed by atoms with Gasteiger partial charge in [-0.2, -0.15) is 0 Å². The smallest absolute Gasteiger partial charge is 0.306 e. The zero-order chi connectivity index (χ0) is 34.2. The highest BCUT2D eigenvalue weighted by atomic mass is 16.6. The van der Waals surface area contributed by atoms with Crippen LogP contribution in [0.5, 0.6) is 5.75 Å². The number of phenolic OH excluding ortho intramolecular Hbond substituents is 1. The lowest BCUT2D eigenvalue weighted by atomic mass is 9.34. The molecule has 0 aromatic heterocycles. The fourth-order valence-electron chi connectivity index (χ4n) is 8.92. The number of hydrogen-bond donors (Lipinski definition) is 2. The quantitative estimate of drug-likeness (QED) is 0.334. The van der Waals surface area contributed by atoms with Gasteiger partial charge in [-0.25, -0.2) is 0 Å². The van der Waals surface area contributed by atoms with E-state index in [0.717, 1.165) is 6.92 Å². The summed E-state index contributed by atoms with van der Waals surface area (Å²) >= 11 is 0. The topological polar surface area (TPSA) is 169 Å². The van der Waals surface area contributed by atoms with Crippen molar-refractivity contribution in [3.05, 3.63) is 29.3 Å². The van der Waals surface area contributed by atoms with Gasteiger partial charge in [-0.05, 0) is 62.5 Å². The molecule has 3 aliphatic carbocycles. The van der Waals surface area contributed by atoms with Crippen LogP contribution in [-0.2, 0) is 33.5 Å². The molecule has 244 valence electrons. The maximum Gasteiger partial charge on any atom is 0.306 e. The minimum Gasteiger partial charge on any atom is -0.507 e. The van der Waals surface area contributed by atoms with Crippen molar-refractivity contribution in [1.82, 2.24) is 0 Å². The molecular weight excluding hydrogens is 580 g/mol. The van der Waals surface area contributed by atoms with Crippen LogP contribution in [0, 0.1) is 40.4 Å². The molecule has 0 amide bonds. The molecule has 0 bridgehead atoms. The first-order valence-corrected chi connectivity index (χ1v) is 15.5. The number of carbonyl (C=O) groups is 7. The van der Waals surface area contributed by atoms with Gasteiger partial charge in [0.1, 0.15) is 28.8 Å². The van der Waals surface area contributed by atoms with E-state index in [4.69, 9.17) is 4.74 Å². The average Bonchev–Trinajstić information content (AvgIpc) is 2.90. The van der Waals surface area contributed by atoms with E-state index in [-0.39, 0.29) is 30.6 Å². The van der Waals surface area contributed by atoms with Gasteiger partial charge < -0.3 is 14.9 Å². The van der Waals surface area contributed by atoms with E-state index in [1.54, 1.807) is 60.6 Å². The highest BCUT2D eigenvalue weighted by molar-refractivity contribution is 6.32. The van der Waals surface area contributed by atoms with Crippen molar-refractivity contribution >= 4 is 40.7 Å². The summed E-state index contributed by atoms with van der Waals surface area (Å²) in [5.41, 5.74) is -6.74. The summed E-state index contributed by atoms with van der Waals surface area (Å²) in [7, 11) is 0. The Balaban J connectivity index is 1.98. The zero-order valence-corrected chi connectivity index (χ0v) is 27.5. The highest BCUT2D eigenvalue weighted by Gasteiger charge is 2.80. The number of Topliss-reactive ketones (excluding diaryl/α,β-unsaturated/α-hetero) is 6. The van der Waals surface area contributed by atoms with Gasteiger partial charge in [-0.1, -0.05) is 46.8 Å². The number of aliphatic hydroxyl groups is 1. The summed E-state index contributed by atoms with van der Waals surface area (Å²) in [5.74, 6) is -13.4. The summed E-state index contributed by atoms with van der Waals surface area (Å²) in [4.78, 5) is 96.1. The van der Waals surface area contributed by atoms with Crippen LogP contribution in [0.25, 0.3) is 0 Å². The van der Waals surface area contributed by atoms with Crippen molar-refractivity contribution in [3.8, 4) is 5.75 Å². The van der Waals surface area contributed by atoms with Crippen LogP contribution in [0.15, 0.2) is 18.2 Å². The molecule has 2 fully saturated rings. The Morgan fingerprint density at radius 2 is 1.60 bits per heavy atom. The lowest BCUT2D eigenvalue weighted by molar-refractivity contribution is -0.225. The van der Waals surface area contributed by atoms with Gasteiger partial charge in [0.2, 0.25) is 0 Å². The van der Waals surface area contributed by atoms with Gasteiger partial charge in [0.25, 0.3) is 0 Å². The molecule has 4 rings (SSSR count). The maximum absolute atomic E-state index is 14.7. The lowest BCUT2D eigenvalue weighted by Gasteiger charge is -2.67. The molecule has 3 aliphatic rings. The molecule has 45 heavy (non-hydrogen) atoms. The average molecular weight is 625 g/mol. The standard InChI is InChI=1S/C35H44O10/c1-16(2)26-28(40)24(18(4)36)30(42)35(44)31(43)27-29(41)25-20(11-10-12-21(25)38)17(3)33(27,8)22(34(26,35)9)15-19(37)13-14-23(39)45-32(5,6)7/h10-12,16-17,22,24,26-27,38,44H,13-15H2,1-9H3/t17-,22-,24?,26?,27?,33-,34-,35+/m1/s1. The summed E-state index contributed by atoms with van der Waals surface area (Å²) in [6.45, 7) is 14.4. The third-order valence-corrected chi connectivity index (χ3v) is 10.9. The first-order valence-electron chi connectivity index (χ1n) is 15.5. The second-order valence-electron chi connectivity index (χ2n) is 14.9. The van der Waals surface area contributed by atoms with E-state index in [1.165, 1.54) is 13.0 Å². The molecule has 0 radical (unpaired) electrons. The molecule has 0 aliphatic heterocycles. The molecule has 1 aromatic rings. The Labute approximate surface area is 263 Å². The minimum atomic E-state index is -2.97. The molecule has 10 heteroatoms. The van der Waals surface area contributed by atoms with E-state index in [9.17, 15) is 43.8 Å². The van der Waals surface area contributed by atoms with Gasteiger partial charge in [0, 0.05) is 24.2 Å². The van der Waals surface area contributed by atoms with E-state index in [0.29, 0.717) is 5.56 Å². The Morgan fingerprint density at radius 3 is 2.13 bits per heavy atom. The number of fused-ring (bicyclic) bond motifs is 3. The number of benzene rings is 1. The van der Waals surface area contributed by atoms with E-state index in [1.807, 2.05) is 0 Å². The number of esters is 1. The predicted octanol–water partition coefficient (Wildman–Crippen LogP) is 3.96. The van der Waals surface area contributed by atoms with Crippen molar-refractivity contribution in [1.29, 1.82) is 0 Å². The van der Waals surface area contributed by atoms with Crippen molar-refractivity contribution in [2.24, 2.45) is 40.4 Å². The Kier molecular flexibility index (Phi) is 8.45. The van der Waals surface area contributed by atoms with Crippen LogP contribution in [0.1, 0.15) is 103 Å². The second kappa shape index (κ2) is 11.1. The number of phenols is 1. The lowest BCUT2D eigenvalue weighted by Crippen LogP contribution is -2.80. The van der Waals surface area contributed by atoms with Crippen LogP contribution in [0.2, 0.25) is 0 Å². The van der Waals surface area contributed by atoms with Crippen LogP contribution >= 0.6 is 0 Å². The normalized spacial score (nSPS) is 34.6. The summed E-state index contributed by atoms with van der Waals surface area (Å²) in [6, 6.07) is 4.52. The van der Waals surface area contributed by atoms with E-state index < -0.39 is 98.2 Å². The van der Waals surface area contributed by atoms with Gasteiger partial charge in [-0.15, -0.1) is 0 Å². The van der Waals surface area contributed by atoms with Crippen molar-refractivity contribution in [3.63, 3.8) is 0 Å². The fourth-order valence-corrected chi connectivity index (χ4v) is 8.92. The maximum atomic E-state index is 14.7. The number of ketones is 6. The molecule has 3 unspecified atom stereocenters. The summed E-state index contributed by atoms with van der Waals surface area (Å²) < 4.78 is 5.35. The third-order valence-electron chi connectivity index (χ3n) is 10.9. The number of rotatable bonds is 7. The SMILES string of the molecule is CC(=O)C1C(=O)C(C(C)C)[C@@]2(C)[C@H](CC(=O)CCC(=O)OC(C)(C)C)[C@]3(C)C(C(=O)c4c(O)cccc4[C@H]3C)C(=O)[C@@]2(O)C1=O. The second-order valence-corrected chi connectivity index (χ2v) is 14.9. The molecule has 1 aromatic carbocycles. The Bertz CT molecular complexity index is 1510. The molecular formula is C35H44O10. The minimum absolute atomic E-state index is 0.106. The molecule has 0 heterocycles. The van der Waals surface area contributed by atoms with Crippen LogP contribution in [0.3, 0.4) is 0 Å². The van der Waals surface area contributed by atoms with Gasteiger partial charge in [-0.3, -0.25) is 33.6 Å². The van der Waals surface area contributed by atoms with Gasteiger partial charge in [0.05, 0.1) is 17.9 Å². The Morgan fingerprint density at radius 1 is 1.00 bits per heavy atom. The first kappa shape index (κ1) is 34.3. The molecule has 2 saturated carbocycles. The first-order chi connectivity index (χ1) is 20.6.